The van der Waals surface area contributed by atoms with Crippen molar-refractivity contribution in [3.05, 3.63) is 42.2 Å². The van der Waals surface area contributed by atoms with Crippen LogP contribution in [0.4, 0.5) is 0 Å². The Kier molecular flexibility index (Phi) is 5.40. The fourth-order valence-electron chi connectivity index (χ4n) is 3.72. The summed E-state index contributed by atoms with van der Waals surface area (Å²) >= 11 is 0. The van der Waals surface area contributed by atoms with Gasteiger partial charge < -0.3 is 4.74 Å². The van der Waals surface area contributed by atoms with Gasteiger partial charge in [0, 0.05) is 32.8 Å². The number of rotatable bonds is 5. The van der Waals surface area contributed by atoms with E-state index in [-0.39, 0.29) is 0 Å². The monoisotopic (exact) mass is 341 g/mol. The van der Waals surface area contributed by atoms with Gasteiger partial charge in [-0.3, -0.25) is 9.80 Å². The van der Waals surface area contributed by atoms with Gasteiger partial charge in [-0.05, 0) is 44.5 Å². The van der Waals surface area contributed by atoms with E-state index < -0.39 is 0 Å². The molecule has 0 bridgehead atoms. The molecule has 0 saturated carbocycles. The van der Waals surface area contributed by atoms with Crippen molar-refractivity contribution >= 4 is 0 Å². The minimum Gasteiger partial charge on any atom is -0.377 e. The van der Waals surface area contributed by atoms with Crippen LogP contribution in [0.25, 0.3) is 5.69 Å². The number of para-hydroxylation sites is 1. The number of hydrogen-bond donors (Lipinski definition) is 0. The van der Waals surface area contributed by atoms with Crippen LogP contribution in [0, 0.1) is 0 Å². The topological polar surface area (TPSA) is 46.4 Å². The molecule has 0 unspecified atom stereocenters. The quantitative estimate of drug-likeness (QED) is 0.832. The molecule has 1 aromatic heterocycles. The lowest BCUT2D eigenvalue weighted by molar-refractivity contribution is 0.0742. The van der Waals surface area contributed by atoms with Crippen LogP contribution in [0.2, 0.25) is 0 Å². The van der Waals surface area contributed by atoms with Gasteiger partial charge in [-0.1, -0.05) is 18.2 Å². The van der Waals surface area contributed by atoms with Crippen molar-refractivity contribution in [2.75, 3.05) is 39.3 Å². The summed E-state index contributed by atoms with van der Waals surface area (Å²) in [6.07, 6.45) is 6.00. The maximum Gasteiger partial charge on any atom is 0.0971 e. The number of ether oxygens (including phenoxy) is 1. The molecule has 0 spiro atoms. The predicted molar refractivity (Wildman–Crippen MR) is 96.7 cm³/mol. The molecule has 2 aliphatic rings. The average Bonchev–Trinajstić information content (AvgIpc) is 3.27. The fraction of sp³-hybridized carbons (Fsp3) is 0.579. The van der Waals surface area contributed by atoms with Crippen molar-refractivity contribution in [1.82, 2.24) is 24.8 Å². The Morgan fingerprint density at radius 2 is 1.84 bits per heavy atom. The molecular weight excluding hydrogens is 314 g/mol. The second kappa shape index (κ2) is 8.08. The maximum atomic E-state index is 5.79. The minimum absolute atomic E-state index is 0.456. The largest absolute Gasteiger partial charge is 0.377 e. The van der Waals surface area contributed by atoms with E-state index in [0.29, 0.717) is 6.10 Å². The van der Waals surface area contributed by atoms with E-state index in [1.54, 1.807) is 4.80 Å². The van der Waals surface area contributed by atoms with Crippen molar-refractivity contribution in [3.8, 4) is 5.69 Å². The molecule has 0 radical (unpaired) electrons. The predicted octanol–water partition coefficient (Wildman–Crippen LogP) is 1.95. The number of nitrogens with zero attached hydrogens (tertiary/aromatic N) is 5. The van der Waals surface area contributed by atoms with Gasteiger partial charge >= 0.3 is 0 Å². The molecule has 2 fully saturated rings. The molecule has 2 aromatic rings. The van der Waals surface area contributed by atoms with Crippen LogP contribution in [0.1, 0.15) is 25.0 Å². The molecule has 25 heavy (non-hydrogen) atoms. The van der Waals surface area contributed by atoms with Gasteiger partial charge in [0.1, 0.15) is 0 Å². The van der Waals surface area contributed by atoms with E-state index in [9.17, 15) is 0 Å². The van der Waals surface area contributed by atoms with E-state index >= 15 is 0 Å². The standard InChI is InChI=1S/C19H27N5O/c1-2-6-18(7-3-1)24-20-14-17(21-24)15-22-9-5-10-23(12-11-22)16-19-8-4-13-25-19/h1-3,6-7,14,19H,4-5,8-13,15-16H2/t19-/m0/s1. The molecule has 2 aliphatic heterocycles. The molecule has 1 aromatic carbocycles. The van der Waals surface area contributed by atoms with Gasteiger partial charge in [0.15, 0.2) is 0 Å². The summed E-state index contributed by atoms with van der Waals surface area (Å²) in [7, 11) is 0. The lowest BCUT2D eigenvalue weighted by Crippen LogP contribution is -2.35. The molecule has 6 nitrogen and oxygen atoms in total. The van der Waals surface area contributed by atoms with Gasteiger partial charge in [0.05, 0.1) is 23.7 Å². The first-order valence-electron chi connectivity index (χ1n) is 9.40. The molecule has 6 heteroatoms. The summed E-state index contributed by atoms with van der Waals surface area (Å²) in [5.41, 5.74) is 2.05. The zero-order valence-electron chi connectivity index (χ0n) is 14.8. The third-order valence-electron chi connectivity index (χ3n) is 5.08. The first-order chi connectivity index (χ1) is 12.4. The SMILES string of the molecule is c1ccc(-n2ncc(CN3CCCN(C[C@@H]4CCCO4)CC3)n2)cc1. The van der Waals surface area contributed by atoms with Crippen LogP contribution in [-0.2, 0) is 11.3 Å². The number of benzene rings is 1. The van der Waals surface area contributed by atoms with Crippen molar-refractivity contribution in [2.45, 2.75) is 31.9 Å². The summed E-state index contributed by atoms with van der Waals surface area (Å²) in [5, 5.41) is 9.05. The van der Waals surface area contributed by atoms with E-state index in [2.05, 4.69) is 20.0 Å². The molecule has 0 amide bonds. The first-order valence-corrected chi connectivity index (χ1v) is 9.40. The first kappa shape index (κ1) is 16.7. The Hall–Kier alpha value is -1.76. The zero-order valence-corrected chi connectivity index (χ0v) is 14.8. The van der Waals surface area contributed by atoms with E-state index in [0.717, 1.165) is 50.7 Å². The number of hydrogen-bond acceptors (Lipinski definition) is 5. The fourth-order valence-corrected chi connectivity index (χ4v) is 3.72. The Bertz CT molecular complexity index is 653. The number of aromatic nitrogens is 3. The second-order valence-electron chi connectivity index (χ2n) is 7.03. The zero-order chi connectivity index (χ0) is 16.9. The lowest BCUT2D eigenvalue weighted by atomic mass is 10.2. The molecule has 134 valence electrons. The molecule has 1 atom stereocenters. The Labute approximate surface area is 149 Å². The third kappa shape index (κ3) is 4.45. The highest BCUT2D eigenvalue weighted by atomic mass is 16.5. The van der Waals surface area contributed by atoms with Gasteiger partial charge in [-0.2, -0.15) is 15.0 Å². The Balaban J connectivity index is 1.30. The van der Waals surface area contributed by atoms with Crippen LogP contribution < -0.4 is 0 Å². The summed E-state index contributed by atoms with van der Waals surface area (Å²) in [6.45, 7) is 7.42. The Morgan fingerprint density at radius 3 is 2.68 bits per heavy atom. The van der Waals surface area contributed by atoms with Crippen LogP contribution in [-0.4, -0.2) is 70.2 Å². The molecule has 0 aliphatic carbocycles. The summed E-state index contributed by atoms with van der Waals surface area (Å²) in [5.74, 6) is 0. The smallest absolute Gasteiger partial charge is 0.0971 e. The highest BCUT2D eigenvalue weighted by Gasteiger charge is 2.21. The highest BCUT2D eigenvalue weighted by Crippen LogP contribution is 2.15. The third-order valence-corrected chi connectivity index (χ3v) is 5.08. The van der Waals surface area contributed by atoms with Gasteiger partial charge in [-0.15, -0.1) is 0 Å². The molecule has 2 saturated heterocycles. The van der Waals surface area contributed by atoms with Gasteiger partial charge in [-0.25, -0.2) is 0 Å². The lowest BCUT2D eigenvalue weighted by Gasteiger charge is -2.23. The van der Waals surface area contributed by atoms with Crippen molar-refractivity contribution in [2.24, 2.45) is 0 Å². The normalized spacial score (nSPS) is 23.0. The van der Waals surface area contributed by atoms with Crippen LogP contribution in [0.15, 0.2) is 36.5 Å². The van der Waals surface area contributed by atoms with E-state index in [4.69, 9.17) is 4.74 Å². The summed E-state index contributed by atoms with van der Waals surface area (Å²) < 4.78 is 5.79. The summed E-state index contributed by atoms with van der Waals surface area (Å²) in [4.78, 5) is 6.78. The van der Waals surface area contributed by atoms with Crippen LogP contribution >= 0.6 is 0 Å². The van der Waals surface area contributed by atoms with Crippen LogP contribution in [0.3, 0.4) is 0 Å². The molecule has 3 heterocycles. The van der Waals surface area contributed by atoms with E-state index in [1.807, 2.05) is 36.5 Å². The molecule has 4 rings (SSSR count). The minimum atomic E-state index is 0.456. The summed E-state index contributed by atoms with van der Waals surface area (Å²) in [6, 6.07) is 10.1. The van der Waals surface area contributed by atoms with Crippen LogP contribution in [0.5, 0.6) is 0 Å². The van der Waals surface area contributed by atoms with E-state index in [1.165, 1.54) is 25.8 Å². The average molecular weight is 341 g/mol. The van der Waals surface area contributed by atoms with Gasteiger partial charge in [0.2, 0.25) is 0 Å². The second-order valence-corrected chi connectivity index (χ2v) is 7.03. The highest BCUT2D eigenvalue weighted by molar-refractivity contribution is 5.28. The molecular formula is C19H27N5O. The van der Waals surface area contributed by atoms with Crippen molar-refractivity contribution in [1.29, 1.82) is 0 Å². The maximum absolute atomic E-state index is 5.79. The Morgan fingerprint density at radius 1 is 1.00 bits per heavy atom. The van der Waals surface area contributed by atoms with Crippen molar-refractivity contribution < 1.29 is 4.74 Å². The molecule has 0 N–H and O–H groups in total. The van der Waals surface area contributed by atoms with Gasteiger partial charge in [0.25, 0.3) is 0 Å². The van der Waals surface area contributed by atoms with Crippen molar-refractivity contribution in [3.63, 3.8) is 0 Å².